The van der Waals surface area contributed by atoms with Gasteiger partial charge < -0.3 is 9.64 Å². The zero-order chi connectivity index (χ0) is 24.2. The van der Waals surface area contributed by atoms with Crippen molar-refractivity contribution in [2.75, 3.05) is 20.7 Å². The molecule has 2 amide bonds. The van der Waals surface area contributed by atoms with Crippen LogP contribution in [0.15, 0.2) is 77.9 Å². The van der Waals surface area contributed by atoms with E-state index in [4.69, 9.17) is 16.3 Å². The molecule has 0 radical (unpaired) electrons. The van der Waals surface area contributed by atoms with Gasteiger partial charge in [-0.2, -0.15) is 5.10 Å². The maximum Gasteiger partial charge on any atom is 0.262 e. The second-order valence-corrected chi connectivity index (χ2v) is 8.34. The Morgan fingerprint density at radius 1 is 1.12 bits per heavy atom. The monoisotopic (exact) mass is 479 g/mol. The Labute approximate surface area is 202 Å². The number of nitrogens with zero attached hydrogens (tertiary/aromatic N) is 3. The minimum atomic E-state index is -0.517. The van der Waals surface area contributed by atoms with Crippen molar-refractivity contribution in [2.24, 2.45) is 5.10 Å². The van der Waals surface area contributed by atoms with Crippen molar-refractivity contribution in [3.63, 3.8) is 0 Å². The number of halogens is 2. The van der Waals surface area contributed by atoms with Crippen molar-refractivity contribution in [1.82, 2.24) is 9.91 Å². The molecule has 1 unspecified atom stereocenters. The highest BCUT2D eigenvalue weighted by atomic mass is 35.5. The number of hydrazone groups is 1. The zero-order valence-corrected chi connectivity index (χ0v) is 19.5. The number of hydrogen-bond donors (Lipinski definition) is 0. The van der Waals surface area contributed by atoms with E-state index in [0.717, 1.165) is 17.2 Å². The summed E-state index contributed by atoms with van der Waals surface area (Å²) >= 11 is 6.46. The smallest absolute Gasteiger partial charge is 0.262 e. The van der Waals surface area contributed by atoms with Crippen molar-refractivity contribution in [3.05, 3.63) is 100 Å². The molecule has 34 heavy (non-hydrogen) atoms. The predicted octanol–water partition coefficient (Wildman–Crippen LogP) is 4.94. The summed E-state index contributed by atoms with van der Waals surface area (Å²) in [5.41, 5.74) is 2.46. The van der Waals surface area contributed by atoms with Crippen LogP contribution in [0.2, 0.25) is 5.02 Å². The summed E-state index contributed by atoms with van der Waals surface area (Å²) in [5, 5.41) is 6.53. The number of hydrogen-bond acceptors (Lipinski definition) is 4. The summed E-state index contributed by atoms with van der Waals surface area (Å²) in [7, 11) is 3.09. The van der Waals surface area contributed by atoms with Gasteiger partial charge in [0.1, 0.15) is 18.1 Å². The van der Waals surface area contributed by atoms with Crippen LogP contribution in [0, 0.1) is 5.82 Å². The van der Waals surface area contributed by atoms with Gasteiger partial charge in [-0.15, -0.1) is 0 Å². The normalized spacial score (nSPS) is 15.1. The van der Waals surface area contributed by atoms with Gasteiger partial charge in [-0.3, -0.25) is 9.59 Å². The van der Waals surface area contributed by atoms with Crippen LogP contribution in [0.1, 0.15) is 33.9 Å². The van der Waals surface area contributed by atoms with E-state index >= 15 is 0 Å². The SMILES string of the molecule is COc1cccc(C2=NN(C(=O)CN(C)C(=O)c3cccc(F)c3)C(c3ccccc3Cl)C2)c1. The molecule has 1 aliphatic rings. The minimum Gasteiger partial charge on any atom is -0.497 e. The number of carbonyl (C=O) groups excluding carboxylic acids is 2. The Morgan fingerprint density at radius 2 is 1.88 bits per heavy atom. The molecule has 0 saturated carbocycles. The first kappa shape index (κ1) is 23.4. The molecule has 0 spiro atoms. The molecule has 1 atom stereocenters. The molecule has 3 aromatic rings. The fourth-order valence-electron chi connectivity index (χ4n) is 3.89. The van der Waals surface area contributed by atoms with Crippen molar-refractivity contribution in [2.45, 2.75) is 12.5 Å². The summed E-state index contributed by atoms with van der Waals surface area (Å²) in [6, 6.07) is 19.7. The molecule has 0 N–H and O–H groups in total. The standard InChI is InChI=1S/C26H23ClFN3O3/c1-30(26(33)18-8-5-9-19(28)13-18)16-25(32)31-24(21-11-3-4-12-22(21)27)15-23(29-31)17-7-6-10-20(14-17)34-2/h3-14,24H,15-16H2,1-2H3. The van der Waals surface area contributed by atoms with E-state index in [9.17, 15) is 14.0 Å². The molecule has 174 valence electrons. The van der Waals surface area contributed by atoms with Crippen LogP contribution in [0.25, 0.3) is 0 Å². The molecule has 0 saturated heterocycles. The number of amides is 2. The van der Waals surface area contributed by atoms with Crippen LogP contribution in [-0.2, 0) is 4.79 Å². The third-order valence-corrected chi connectivity index (χ3v) is 5.97. The lowest BCUT2D eigenvalue weighted by molar-refractivity contribution is -0.133. The van der Waals surface area contributed by atoms with Crippen LogP contribution in [0.3, 0.4) is 0 Å². The van der Waals surface area contributed by atoms with E-state index in [-0.39, 0.29) is 18.0 Å². The van der Waals surface area contributed by atoms with E-state index in [1.807, 2.05) is 42.5 Å². The molecule has 6 nitrogen and oxygen atoms in total. The molecule has 0 bridgehead atoms. The molecule has 3 aromatic carbocycles. The van der Waals surface area contributed by atoms with Gasteiger partial charge in [-0.1, -0.05) is 48.0 Å². The largest absolute Gasteiger partial charge is 0.497 e. The van der Waals surface area contributed by atoms with E-state index in [0.29, 0.717) is 22.9 Å². The molecule has 4 rings (SSSR count). The highest BCUT2D eigenvalue weighted by molar-refractivity contribution is 6.31. The second-order valence-electron chi connectivity index (χ2n) is 7.93. The minimum absolute atomic E-state index is 0.167. The van der Waals surface area contributed by atoms with Gasteiger partial charge in [-0.05, 0) is 42.0 Å². The lowest BCUT2D eigenvalue weighted by Crippen LogP contribution is -2.39. The van der Waals surface area contributed by atoms with Gasteiger partial charge in [0.15, 0.2) is 0 Å². The highest BCUT2D eigenvalue weighted by Gasteiger charge is 2.35. The van der Waals surface area contributed by atoms with E-state index in [1.54, 1.807) is 13.2 Å². The van der Waals surface area contributed by atoms with E-state index in [1.165, 1.54) is 35.2 Å². The van der Waals surface area contributed by atoms with Gasteiger partial charge in [-0.25, -0.2) is 9.40 Å². The first-order valence-electron chi connectivity index (χ1n) is 10.7. The molecule has 0 fully saturated rings. The van der Waals surface area contributed by atoms with Crippen LogP contribution in [0.5, 0.6) is 5.75 Å². The first-order valence-corrected chi connectivity index (χ1v) is 11.0. The molecular weight excluding hydrogens is 457 g/mol. The van der Waals surface area contributed by atoms with Crippen LogP contribution in [-0.4, -0.2) is 48.1 Å². The van der Waals surface area contributed by atoms with Crippen molar-refractivity contribution >= 4 is 29.1 Å². The van der Waals surface area contributed by atoms with Crippen molar-refractivity contribution < 1.29 is 18.7 Å². The maximum atomic E-state index is 13.5. The van der Waals surface area contributed by atoms with Gasteiger partial charge in [0, 0.05) is 29.6 Å². The Morgan fingerprint density at radius 3 is 2.62 bits per heavy atom. The highest BCUT2D eigenvalue weighted by Crippen LogP contribution is 2.36. The molecule has 8 heteroatoms. The molecular formula is C26H23ClFN3O3. The maximum absolute atomic E-state index is 13.5. The van der Waals surface area contributed by atoms with Gasteiger partial charge >= 0.3 is 0 Å². The fraction of sp³-hybridized carbons (Fsp3) is 0.192. The number of benzene rings is 3. The summed E-state index contributed by atoms with van der Waals surface area (Å²) in [5.74, 6) is -0.676. The molecule has 1 aliphatic heterocycles. The number of methoxy groups -OCH3 is 1. The second kappa shape index (κ2) is 10.1. The molecule has 0 aromatic heterocycles. The third kappa shape index (κ3) is 4.94. The topological polar surface area (TPSA) is 62.2 Å². The summed E-state index contributed by atoms with van der Waals surface area (Å²) in [4.78, 5) is 27.3. The van der Waals surface area contributed by atoms with Crippen LogP contribution in [0.4, 0.5) is 4.39 Å². The van der Waals surface area contributed by atoms with Crippen LogP contribution >= 0.6 is 11.6 Å². The van der Waals surface area contributed by atoms with Gasteiger partial charge in [0.2, 0.25) is 0 Å². The van der Waals surface area contributed by atoms with E-state index < -0.39 is 17.8 Å². The fourth-order valence-corrected chi connectivity index (χ4v) is 4.16. The Hall–Kier alpha value is -3.71. The average molecular weight is 480 g/mol. The number of rotatable bonds is 6. The third-order valence-electron chi connectivity index (χ3n) is 5.62. The molecule has 1 heterocycles. The zero-order valence-electron chi connectivity index (χ0n) is 18.7. The van der Waals surface area contributed by atoms with Gasteiger partial charge in [0.05, 0.1) is 18.9 Å². The van der Waals surface area contributed by atoms with Crippen molar-refractivity contribution in [3.8, 4) is 5.75 Å². The predicted molar refractivity (Wildman–Crippen MR) is 129 cm³/mol. The lowest BCUT2D eigenvalue weighted by atomic mass is 9.98. The van der Waals surface area contributed by atoms with Crippen LogP contribution < -0.4 is 4.74 Å². The Kier molecular flexibility index (Phi) is 6.93. The summed E-state index contributed by atoms with van der Waals surface area (Å²) in [6.07, 6.45) is 0.449. The lowest BCUT2D eigenvalue weighted by Gasteiger charge is -2.25. The Bertz CT molecular complexity index is 1260. The Balaban J connectivity index is 1.62. The first-order chi connectivity index (χ1) is 16.4. The number of ether oxygens (including phenoxy) is 1. The quantitative estimate of drug-likeness (QED) is 0.503. The van der Waals surface area contributed by atoms with Crippen molar-refractivity contribution in [1.29, 1.82) is 0 Å². The molecule has 0 aliphatic carbocycles. The summed E-state index contributed by atoms with van der Waals surface area (Å²) in [6.45, 7) is -0.231. The van der Waals surface area contributed by atoms with Gasteiger partial charge in [0.25, 0.3) is 11.8 Å². The summed E-state index contributed by atoms with van der Waals surface area (Å²) < 4.78 is 18.9. The average Bonchev–Trinajstić information content (AvgIpc) is 3.29. The number of likely N-dealkylation sites (N-methyl/N-ethyl adjacent to an activating group) is 1. The number of carbonyl (C=O) groups is 2. The van der Waals surface area contributed by atoms with E-state index in [2.05, 4.69) is 5.10 Å².